The van der Waals surface area contributed by atoms with Crippen LogP contribution in [0.15, 0.2) is 36.7 Å². The molecule has 0 aliphatic rings. The van der Waals surface area contributed by atoms with Gasteiger partial charge in [0.05, 0.1) is 11.6 Å². The van der Waals surface area contributed by atoms with Crippen molar-refractivity contribution in [1.29, 1.82) is 5.26 Å². The zero-order valence-electron chi connectivity index (χ0n) is 10.6. The quantitative estimate of drug-likeness (QED) is 0.940. The standard InChI is InChI=1S/C14H10ClF3N2O/c15-12-5-9(6-19)1-2-10(12)7-20-4-3-11(8-20)13(21)14(16,17)18/h1-5,8,13,21H,7H2. The first-order valence-corrected chi connectivity index (χ1v) is 6.28. The minimum absolute atomic E-state index is 0.229. The molecule has 0 bridgehead atoms. The van der Waals surface area contributed by atoms with E-state index in [1.54, 1.807) is 12.1 Å². The zero-order chi connectivity index (χ0) is 15.6. The lowest BCUT2D eigenvalue weighted by Crippen LogP contribution is -2.19. The summed E-state index contributed by atoms with van der Waals surface area (Å²) in [5.74, 6) is 0. The summed E-state index contributed by atoms with van der Waals surface area (Å²) >= 11 is 6.01. The van der Waals surface area contributed by atoms with Crippen molar-refractivity contribution in [2.45, 2.75) is 18.8 Å². The Morgan fingerprint density at radius 1 is 1.33 bits per heavy atom. The van der Waals surface area contributed by atoms with Crippen LogP contribution in [-0.2, 0) is 6.54 Å². The zero-order valence-corrected chi connectivity index (χ0v) is 11.4. The molecule has 2 aromatic rings. The van der Waals surface area contributed by atoms with Crippen LogP contribution in [0.3, 0.4) is 0 Å². The van der Waals surface area contributed by atoms with Crippen molar-refractivity contribution >= 4 is 11.6 Å². The maximum atomic E-state index is 12.4. The number of hydrogen-bond donors (Lipinski definition) is 1. The molecule has 0 spiro atoms. The van der Waals surface area contributed by atoms with Crippen LogP contribution < -0.4 is 0 Å². The van der Waals surface area contributed by atoms with Gasteiger partial charge < -0.3 is 9.67 Å². The highest BCUT2D eigenvalue weighted by Crippen LogP contribution is 2.32. The Labute approximate surface area is 123 Å². The molecular formula is C14H10ClF3N2O. The van der Waals surface area contributed by atoms with Crippen molar-refractivity contribution in [2.75, 3.05) is 0 Å². The van der Waals surface area contributed by atoms with Crippen molar-refractivity contribution in [3.8, 4) is 6.07 Å². The fourth-order valence-electron chi connectivity index (χ4n) is 1.85. The SMILES string of the molecule is N#Cc1ccc(Cn2ccc(C(O)C(F)(F)F)c2)c(Cl)c1. The molecule has 0 fully saturated rings. The molecule has 0 saturated heterocycles. The van der Waals surface area contributed by atoms with E-state index in [-0.39, 0.29) is 12.1 Å². The van der Waals surface area contributed by atoms with Gasteiger partial charge in [0.15, 0.2) is 6.10 Å². The lowest BCUT2D eigenvalue weighted by molar-refractivity contribution is -0.206. The van der Waals surface area contributed by atoms with E-state index >= 15 is 0 Å². The maximum Gasteiger partial charge on any atom is 0.418 e. The number of benzene rings is 1. The Kier molecular flexibility index (Phi) is 4.26. The van der Waals surface area contributed by atoms with Crippen molar-refractivity contribution in [3.63, 3.8) is 0 Å². The van der Waals surface area contributed by atoms with E-state index in [4.69, 9.17) is 22.0 Å². The number of hydrogen-bond acceptors (Lipinski definition) is 2. The monoisotopic (exact) mass is 314 g/mol. The molecule has 21 heavy (non-hydrogen) atoms. The van der Waals surface area contributed by atoms with Crippen molar-refractivity contribution in [3.05, 3.63) is 58.4 Å². The number of aliphatic hydroxyl groups excluding tert-OH is 1. The van der Waals surface area contributed by atoms with E-state index in [9.17, 15) is 13.2 Å². The van der Waals surface area contributed by atoms with Gasteiger partial charge in [-0.15, -0.1) is 0 Å². The van der Waals surface area contributed by atoms with Gasteiger partial charge in [0.1, 0.15) is 0 Å². The molecule has 1 N–H and O–H groups in total. The Balaban J connectivity index is 2.19. The number of halogens is 4. The molecule has 1 unspecified atom stereocenters. The van der Waals surface area contributed by atoms with E-state index in [1.807, 2.05) is 6.07 Å². The Hall–Kier alpha value is -1.97. The van der Waals surface area contributed by atoms with Gasteiger partial charge in [-0.25, -0.2) is 0 Å². The predicted molar refractivity (Wildman–Crippen MR) is 70.7 cm³/mol. The topological polar surface area (TPSA) is 49.0 Å². The number of rotatable bonds is 3. The lowest BCUT2D eigenvalue weighted by atomic mass is 10.1. The molecule has 1 heterocycles. The molecule has 0 radical (unpaired) electrons. The molecule has 1 aromatic carbocycles. The number of nitriles is 1. The summed E-state index contributed by atoms with van der Waals surface area (Å²) in [7, 11) is 0. The molecule has 0 saturated carbocycles. The first-order valence-electron chi connectivity index (χ1n) is 5.90. The largest absolute Gasteiger partial charge is 0.418 e. The molecule has 3 nitrogen and oxygen atoms in total. The predicted octanol–water partition coefficient (Wildman–Crippen LogP) is 3.66. The summed E-state index contributed by atoms with van der Waals surface area (Å²) in [6, 6.07) is 7.86. The highest BCUT2D eigenvalue weighted by atomic mass is 35.5. The van der Waals surface area contributed by atoms with E-state index in [1.165, 1.54) is 29.1 Å². The summed E-state index contributed by atoms with van der Waals surface area (Å²) in [4.78, 5) is 0. The van der Waals surface area contributed by atoms with Crippen LogP contribution in [0.5, 0.6) is 0 Å². The van der Waals surface area contributed by atoms with Crippen LogP contribution in [0.4, 0.5) is 13.2 Å². The summed E-state index contributed by atoms with van der Waals surface area (Å²) in [5.41, 5.74) is 0.844. The van der Waals surface area contributed by atoms with E-state index < -0.39 is 12.3 Å². The van der Waals surface area contributed by atoms with Crippen LogP contribution in [0.2, 0.25) is 5.02 Å². The Morgan fingerprint density at radius 3 is 2.62 bits per heavy atom. The molecule has 1 atom stereocenters. The second-order valence-corrected chi connectivity index (χ2v) is 4.89. The smallest absolute Gasteiger partial charge is 0.379 e. The highest BCUT2D eigenvalue weighted by molar-refractivity contribution is 6.31. The first kappa shape index (κ1) is 15.4. The van der Waals surface area contributed by atoms with Crippen molar-refractivity contribution < 1.29 is 18.3 Å². The van der Waals surface area contributed by atoms with E-state index in [0.717, 1.165) is 0 Å². The third kappa shape index (κ3) is 3.57. The van der Waals surface area contributed by atoms with Crippen LogP contribution in [0.1, 0.15) is 22.8 Å². The third-order valence-electron chi connectivity index (χ3n) is 2.93. The van der Waals surface area contributed by atoms with E-state index in [2.05, 4.69) is 0 Å². The number of aliphatic hydroxyl groups is 1. The molecule has 0 aliphatic heterocycles. The molecule has 2 rings (SSSR count). The van der Waals surface area contributed by atoms with Crippen LogP contribution in [0, 0.1) is 11.3 Å². The first-order chi connectivity index (χ1) is 9.81. The molecule has 7 heteroatoms. The van der Waals surface area contributed by atoms with Gasteiger partial charge in [-0.2, -0.15) is 18.4 Å². The fraction of sp³-hybridized carbons (Fsp3) is 0.214. The third-order valence-corrected chi connectivity index (χ3v) is 3.29. The lowest BCUT2D eigenvalue weighted by Gasteiger charge is -2.12. The molecular weight excluding hydrogens is 305 g/mol. The van der Waals surface area contributed by atoms with Crippen LogP contribution >= 0.6 is 11.6 Å². The second-order valence-electron chi connectivity index (χ2n) is 4.48. The van der Waals surface area contributed by atoms with Gasteiger partial charge in [0.25, 0.3) is 0 Å². The van der Waals surface area contributed by atoms with Crippen molar-refractivity contribution in [1.82, 2.24) is 4.57 Å². The number of alkyl halides is 3. The number of nitrogens with zero attached hydrogens (tertiary/aromatic N) is 2. The molecule has 0 amide bonds. The summed E-state index contributed by atoms with van der Waals surface area (Å²) in [6.07, 6.45) is -4.56. The number of aromatic nitrogens is 1. The van der Waals surface area contributed by atoms with Crippen LogP contribution in [-0.4, -0.2) is 15.8 Å². The highest BCUT2D eigenvalue weighted by Gasteiger charge is 2.39. The second kappa shape index (κ2) is 5.80. The summed E-state index contributed by atoms with van der Waals surface area (Å²) in [5, 5.41) is 18.3. The average Bonchev–Trinajstić information content (AvgIpc) is 2.87. The minimum atomic E-state index is -4.70. The van der Waals surface area contributed by atoms with Gasteiger partial charge in [0.2, 0.25) is 0 Å². The minimum Gasteiger partial charge on any atom is -0.379 e. The fourth-order valence-corrected chi connectivity index (χ4v) is 2.09. The van der Waals surface area contributed by atoms with Gasteiger partial charge >= 0.3 is 6.18 Å². The molecule has 0 aliphatic carbocycles. The normalized spacial score (nSPS) is 13.0. The Bertz CT molecular complexity index is 688. The summed E-state index contributed by atoms with van der Waals surface area (Å²) < 4.78 is 38.7. The van der Waals surface area contributed by atoms with Gasteiger partial charge in [-0.1, -0.05) is 17.7 Å². The van der Waals surface area contributed by atoms with Gasteiger partial charge in [-0.05, 0) is 23.8 Å². The van der Waals surface area contributed by atoms with Gasteiger partial charge in [-0.3, -0.25) is 0 Å². The van der Waals surface area contributed by atoms with Crippen molar-refractivity contribution in [2.24, 2.45) is 0 Å². The molecule has 1 aromatic heterocycles. The summed E-state index contributed by atoms with van der Waals surface area (Å²) in [6.45, 7) is 0.245. The Morgan fingerprint density at radius 2 is 2.05 bits per heavy atom. The maximum absolute atomic E-state index is 12.4. The van der Waals surface area contributed by atoms with E-state index in [0.29, 0.717) is 16.1 Å². The average molecular weight is 315 g/mol. The van der Waals surface area contributed by atoms with Gasteiger partial charge in [0, 0.05) is 29.5 Å². The molecule has 110 valence electrons. The van der Waals surface area contributed by atoms with Crippen LogP contribution in [0.25, 0.3) is 0 Å².